The summed E-state index contributed by atoms with van der Waals surface area (Å²) in [7, 11) is -2.85. The molecule has 1 aliphatic carbocycles. The lowest BCUT2D eigenvalue weighted by Gasteiger charge is -2.34. The maximum atomic E-state index is 15.2. The fourth-order valence-corrected chi connectivity index (χ4v) is 9.44. The Morgan fingerprint density at radius 3 is 1.84 bits per heavy atom. The van der Waals surface area contributed by atoms with Gasteiger partial charge >= 0.3 is 0 Å². The van der Waals surface area contributed by atoms with E-state index in [0.29, 0.717) is 5.25 Å². The predicted octanol–water partition coefficient (Wildman–Crippen LogP) is 7.36. The Balaban J connectivity index is 1.85. The third-order valence-corrected chi connectivity index (χ3v) is 10.9. The molecule has 0 unspecified atom stereocenters. The first-order valence-electron chi connectivity index (χ1n) is 11.2. The molecular weight excluding hydrogens is 415 g/mol. The fraction of sp³-hybridized carbons (Fsp3) is 0.286. The van der Waals surface area contributed by atoms with Gasteiger partial charge in [0, 0.05) is 21.5 Å². The van der Waals surface area contributed by atoms with E-state index in [-0.39, 0.29) is 11.6 Å². The summed E-state index contributed by atoms with van der Waals surface area (Å²) in [6.07, 6.45) is 5.28. The molecule has 160 valence electrons. The zero-order valence-corrected chi connectivity index (χ0v) is 20.1. The highest BCUT2D eigenvalue weighted by atomic mass is 32.2. The number of hydrogen-bond donors (Lipinski definition) is 0. The Morgan fingerprint density at radius 1 is 0.806 bits per heavy atom. The van der Waals surface area contributed by atoms with Crippen LogP contribution in [0, 0.1) is 0 Å². The van der Waals surface area contributed by atoms with Crippen LogP contribution in [0.1, 0.15) is 44.6 Å². The molecule has 2 atom stereocenters. The number of rotatable bonds is 6. The Kier molecular flexibility index (Phi) is 7.20. The fourth-order valence-electron chi connectivity index (χ4n) is 4.76. The minimum absolute atomic E-state index is 0.0706. The third-order valence-electron chi connectivity index (χ3n) is 6.08. The summed E-state index contributed by atoms with van der Waals surface area (Å²) in [5.74, 6) is 0.229. The van der Waals surface area contributed by atoms with Crippen molar-refractivity contribution in [2.45, 2.75) is 49.9 Å². The zero-order valence-electron chi connectivity index (χ0n) is 18.4. The second-order valence-electron chi connectivity index (χ2n) is 8.53. The van der Waals surface area contributed by atoms with Crippen molar-refractivity contribution in [1.29, 1.82) is 0 Å². The molecule has 0 saturated heterocycles. The molecule has 3 aromatic carbocycles. The van der Waals surface area contributed by atoms with Crippen molar-refractivity contribution in [2.75, 3.05) is 0 Å². The predicted molar refractivity (Wildman–Crippen MR) is 137 cm³/mol. The molecule has 0 spiro atoms. The van der Waals surface area contributed by atoms with Crippen LogP contribution >= 0.6 is 18.9 Å². The van der Waals surface area contributed by atoms with Crippen LogP contribution in [0.15, 0.2) is 102 Å². The third kappa shape index (κ3) is 4.92. The van der Waals surface area contributed by atoms with Crippen molar-refractivity contribution >= 4 is 29.5 Å². The monoisotopic (exact) mass is 446 g/mol. The SMILES string of the molecule is CC(C)SC1=CCC[C@H](P(=O)(c2ccccc2)c2ccccc2)[C@@H](c2ccccc2)C1. The Labute approximate surface area is 191 Å². The van der Waals surface area contributed by atoms with Gasteiger partial charge in [-0.3, -0.25) is 0 Å². The lowest BCUT2D eigenvalue weighted by Crippen LogP contribution is -2.30. The molecule has 1 nitrogen and oxygen atoms in total. The normalized spacial score (nSPS) is 19.6. The van der Waals surface area contributed by atoms with E-state index in [9.17, 15) is 0 Å². The van der Waals surface area contributed by atoms with Crippen molar-refractivity contribution < 1.29 is 4.57 Å². The van der Waals surface area contributed by atoms with Gasteiger partial charge in [0.25, 0.3) is 0 Å². The number of hydrogen-bond acceptors (Lipinski definition) is 2. The summed E-state index contributed by atoms with van der Waals surface area (Å²) in [4.78, 5) is 1.44. The van der Waals surface area contributed by atoms with E-state index >= 15 is 4.57 Å². The minimum atomic E-state index is -2.85. The van der Waals surface area contributed by atoms with Gasteiger partial charge in [-0.2, -0.15) is 0 Å². The van der Waals surface area contributed by atoms with Crippen LogP contribution in [0.5, 0.6) is 0 Å². The van der Waals surface area contributed by atoms with E-state index in [1.165, 1.54) is 10.5 Å². The first-order valence-corrected chi connectivity index (χ1v) is 13.9. The van der Waals surface area contributed by atoms with Gasteiger partial charge in [-0.05, 0) is 35.6 Å². The molecule has 0 bridgehead atoms. The Bertz CT molecular complexity index is 1000. The zero-order chi connectivity index (χ0) is 21.7. The first kappa shape index (κ1) is 22.2. The molecule has 0 amide bonds. The van der Waals surface area contributed by atoms with Crippen LogP contribution in [0.4, 0.5) is 0 Å². The standard InChI is InChI=1S/C28H31OPS/c1-22(2)31-26-19-12-20-28(27(21-26)23-13-6-3-7-14-23)30(29,24-15-8-4-9-16-24)25-17-10-5-11-18-25/h3-11,13-19,22,27-28H,12,20-21H2,1-2H3/t27-,28+/m1/s1. The van der Waals surface area contributed by atoms with Crippen molar-refractivity contribution in [3.8, 4) is 0 Å². The van der Waals surface area contributed by atoms with Crippen molar-refractivity contribution in [2.24, 2.45) is 0 Å². The molecule has 0 N–H and O–H groups in total. The van der Waals surface area contributed by atoms with E-state index in [0.717, 1.165) is 29.9 Å². The quantitative estimate of drug-likeness (QED) is 0.368. The van der Waals surface area contributed by atoms with Gasteiger partial charge in [0.1, 0.15) is 7.14 Å². The molecule has 1 aliphatic rings. The summed E-state index contributed by atoms with van der Waals surface area (Å²) >= 11 is 1.96. The van der Waals surface area contributed by atoms with Crippen molar-refractivity contribution in [1.82, 2.24) is 0 Å². The molecule has 0 fully saturated rings. The minimum Gasteiger partial charge on any atom is -0.313 e. The highest BCUT2D eigenvalue weighted by Crippen LogP contribution is 2.58. The molecule has 31 heavy (non-hydrogen) atoms. The van der Waals surface area contributed by atoms with Gasteiger partial charge in [-0.15, -0.1) is 11.8 Å². The van der Waals surface area contributed by atoms with Crippen molar-refractivity contribution in [3.63, 3.8) is 0 Å². The van der Waals surface area contributed by atoms with Crippen LogP contribution in [0.25, 0.3) is 0 Å². The average Bonchev–Trinajstić information content (AvgIpc) is 3.02. The van der Waals surface area contributed by atoms with E-state index < -0.39 is 7.14 Å². The molecule has 0 aromatic heterocycles. The Hall–Kier alpha value is -2.02. The lowest BCUT2D eigenvalue weighted by atomic mass is 9.91. The van der Waals surface area contributed by atoms with Crippen molar-refractivity contribution in [3.05, 3.63) is 108 Å². The van der Waals surface area contributed by atoms with Crippen LogP contribution in [-0.4, -0.2) is 10.9 Å². The highest BCUT2D eigenvalue weighted by Gasteiger charge is 2.42. The van der Waals surface area contributed by atoms with Gasteiger partial charge < -0.3 is 4.57 Å². The molecule has 4 rings (SSSR count). The molecule has 3 heteroatoms. The number of benzene rings is 3. The van der Waals surface area contributed by atoms with Crippen LogP contribution in [0.3, 0.4) is 0 Å². The Morgan fingerprint density at radius 2 is 1.32 bits per heavy atom. The van der Waals surface area contributed by atoms with Crippen LogP contribution in [0.2, 0.25) is 0 Å². The maximum Gasteiger partial charge on any atom is 0.146 e. The lowest BCUT2D eigenvalue weighted by molar-refractivity contribution is 0.548. The summed E-state index contributed by atoms with van der Waals surface area (Å²) in [6, 6.07) is 31.2. The van der Waals surface area contributed by atoms with E-state index in [4.69, 9.17) is 0 Å². The summed E-state index contributed by atoms with van der Waals surface area (Å²) in [6.45, 7) is 4.51. The highest BCUT2D eigenvalue weighted by molar-refractivity contribution is 8.03. The number of thioether (sulfide) groups is 1. The maximum absolute atomic E-state index is 15.2. The molecule has 0 aliphatic heterocycles. The van der Waals surface area contributed by atoms with E-state index in [2.05, 4.69) is 74.5 Å². The van der Waals surface area contributed by atoms with Crippen LogP contribution in [-0.2, 0) is 4.57 Å². The van der Waals surface area contributed by atoms with Gasteiger partial charge in [0.05, 0.1) is 0 Å². The first-order chi connectivity index (χ1) is 15.1. The van der Waals surface area contributed by atoms with E-state index in [1.807, 2.05) is 48.2 Å². The largest absolute Gasteiger partial charge is 0.313 e. The summed E-state index contributed by atoms with van der Waals surface area (Å²) in [5.41, 5.74) is 1.37. The van der Waals surface area contributed by atoms with Gasteiger partial charge in [-0.25, -0.2) is 0 Å². The molecular formula is C28H31OPS. The van der Waals surface area contributed by atoms with Gasteiger partial charge in [0.15, 0.2) is 0 Å². The van der Waals surface area contributed by atoms with Crippen LogP contribution < -0.4 is 10.6 Å². The second-order valence-corrected chi connectivity index (χ2v) is 13.2. The van der Waals surface area contributed by atoms with E-state index in [1.54, 1.807) is 0 Å². The molecule has 3 aromatic rings. The summed E-state index contributed by atoms with van der Waals surface area (Å²) in [5, 5.41) is 2.51. The van der Waals surface area contributed by atoms with Gasteiger partial charge in [-0.1, -0.05) is 111 Å². The summed E-state index contributed by atoms with van der Waals surface area (Å²) < 4.78 is 15.2. The molecule has 0 heterocycles. The van der Waals surface area contributed by atoms with Gasteiger partial charge in [0.2, 0.25) is 0 Å². The topological polar surface area (TPSA) is 17.1 Å². The average molecular weight is 447 g/mol. The molecule has 0 radical (unpaired) electrons. The number of allylic oxidation sites excluding steroid dienone is 2. The molecule has 0 saturated carbocycles. The second kappa shape index (κ2) is 10.1. The smallest absolute Gasteiger partial charge is 0.146 e.